The summed E-state index contributed by atoms with van der Waals surface area (Å²) in [4.78, 5) is 13.5. The fourth-order valence-corrected chi connectivity index (χ4v) is 4.25. The van der Waals surface area contributed by atoms with Crippen LogP contribution in [0.1, 0.15) is 12.8 Å². The number of anilines is 1. The van der Waals surface area contributed by atoms with Crippen LogP contribution in [0.3, 0.4) is 0 Å². The van der Waals surface area contributed by atoms with Gasteiger partial charge in [-0.05, 0) is 49.2 Å². The molecule has 1 aliphatic rings. The number of carbonyl (C=O) groups is 1. The van der Waals surface area contributed by atoms with E-state index in [0.717, 1.165) is 5.30 Å². The Kier molecular flexibility index (Phi) is 5.16. The van der Waals surface area contributed by atoms with Crippen LogP contribution in [0, 0.1) is 11.6 Å². The van der Waals surface area contributed by atoms with Crippen molar-refractivity contribution in [3.63, 3.8) is 0 Å². The Hall–Kier alpha value is -1.84. The topological polar surface area (TPSA) is 46.3 Å². The van der Waals surface area contributed by atoms with Crippen molar-refractivity contribution >= 4 is 24.8 Å². The maximum Gasteiger partial charge on any atom is 0.243 e. The number of nitrogens with zero attached hydrogens (tertiary/aromatic N) is 1. The first-order valence-corrected chi connectivity index (χ1v) is 10.5. The molecule has 25 heavy (non-hydrogen) atoms. The van der Waals surface area contributed by atoms with Gasteiger partial charge in [0.15, 0.2) is 11.6 Å². The molecule has 0 saturated carbocycles. The first kappa shape index (κ1) is 18.0. The summed E-state index contributed by atoms with van der Waals surface area (Å²) in [6.45, 7) is 4.50. The molecule has 2 aromatic carbocycles. The molecule has 1 saturated heterocycles. The predicted octanol–water partition coefficient (Wildman–Crippen LogP) is 3.45. The summed E-state index contributed by atoms with van der Waals surface area (Å²) < 4.78 is 29.6. The Balaban J connectivity index is 2.06. The van der Waals surface area contributed by atoms with Crippen LogP contribution in [0.5, 0.6) is 0 Å². The molecule has 1 amide bonds. The van der Waals surface area contributed by atoms with Gasteiger partial charge >= 0.3 is 0 Å². The normalized spacial score (nSPS) is 18.1. The number of halogens is 2. The lowest BCUT2D eigenvalue weighted by Crippen LogP contribution is -2.48. The van der Waals surface area contributed by atoms with E-state index in [4.69, 9.17) is 5.73 Å². The van der Waals surface area contributed by atoms with Crippen LogP contribution in [-0.2, 0) is 4.79 Å². The van der Waals surface area contributed by atoms with Crippen molar-refractivity contribution in [1.82, 2.24) is 0 Å². The van der Waals surface area contributed by atoms with Crippen molar-refractivity contribution in [2.75, 3.05) is 24.8 Å². The average Bonchev–Trinajstić information content (AvgIpc) is 2.60. The highest BCUT2D eigenvalue weighted by molar-refractivity contribution is 7.64. The fourth-order valence-electron chi connectivity index (χ4n) is 3.19. The SMILES string of the molecule is CP(C)c1ccccc1-c1ccc(N2CCCC(N)C2=O)c(F)c1F. The molecule has 0 aliphatic carbocycles. The van der Waals surface area contributed by atoms with Gasteiger partial charge in [-0.25, -0.2) is 8.78 Å². The van der Waals surface area contributed by atoms with E-state index in [0.29, 0.717) is 24.9 Å². The van der Waals surface area contributed by atoms with Gasteiger partial charge in [-0.1, -0.05) is 32.2 Å². The monoisotopic (exact) mass is 362 g/mol. The zero-order valence-corrected chi connectivity index (χ0v) is 15.2. The van der Waals surface area contributed by atoms with E-state index in [1.54, 1.807) is 12.1 Å². The molecular weight excluding hydrogens is 341 g/mol. The Labute approximate surface area is 147 Å². The number of rotatable bonds is 3. The molecule has 0 bridgehead atoms. The summed E-state index contributed by atoms with van der Waals surface area (Å²) in [6.07, 6.45) is 1.25. The van der Waals surface area contributed by atoms with Crippen LogP contribution in [0.25, 0.3) is 11.1 Å². The number of benzene rings is 2. The first-order valence-electron chi connectivity index (χ1n) is 8.23. The molecule has 0 spiro atoms. The zero-order valence-electron chi connectivity index (χ0n) is 14.3. The predicted molar refractivity (Wildman–Crippen MR) is 99.8 cm³/mol. The van der Waals surface area contributed by atoms with E-state index in [-0.39, 0.29) is 17.2 Å². The van der Waals surface area contributed by atoms with Crippen LogP contribution < -0.4 is 15.9 Å². The van der Waals surface area contributed by atoms with Gasteiger partial charge < -0.3 is 10.6 Å². The highest BCUT2D eigenvalue weighted by Gasteiger charge is 2.30. The smallest absolute Gasteiger partial charge is 0.243 e. The fraction of sp³-hybridized carbons (Fsp3) is 0.316. The van der Waals surface area contributed by atoms with E-state index in [2.05, 4.69) is 13.3 Å². The molecule has 1 unspecified atom stereocenters. The summed E-state index contributed by atoms with van der Waals surface area (Å²) >= 11 is 0. The van der Waals surface area contributed by atoms with E-state index < -0.39 is 25.6 Å². The lowest BCUT2D eigenvalue weighted by atomic mass is 10.0. The average molecular weight is 362 g/mol. The Morgan fingerprint density at radius 2 is 1.80 bits per heavy atom. The Morgan fingerprint density at radius 1 is 1.08 bits per heavy atom. The summed E-state index contributed by atoms with van der Waals surface area (Å²) in [5.74, 6) is -2.27. The molecule has 0 aromatic heterocycles. The van der Waals surface area contributed by atoms with Gasteiger partial charge in [0.25, 0.3) is 0 Å². The van der Waals surface area contributed by atoms with Gasteiger partial charge in [0.05, 0.1) is 11.7 Å². The van der Waals surface area contributed by atoms with Crippen LogP contribution in [0.4, 0.5) is 14.5 Å². The molecule has 3 nitrogen and oxygen atoms in total. The molecule has 2 N–H and O–H groups in total. The standard InChI is InChI=1S/C19H21F2N2OP/c1-25(2)16-8-4-3-6-12(16)13-9-10-15(18(21)17(13)20)23-11-5-7-14(22)19(23)24/h3-4,6,8-10,14H,5,7,11,22H2,1-2H3. The minimum Gasteiger partial charge on any atom is -0.320 e. The zero-order chi connectivity index (χ0) is 18.1. The number of amides is 1. The van der Waals surface area contributed by atoms with E-state index in [1.165, 1.54) is 11.0 Å². The van der Waals surface area contributed by atoms with Crippen molar-refractivity contribution in [1.29, 1.82) is 0 Å². The number of piperidine rings is 1. The first-order chi connectivity index (χ1) is 11.9. The van der Waals surface area contributed by atoms with Crippen molar-refractivity contribution in [2.45, 2.75) is 18.9 Å². The maximum atomic E-state index is 14.8. The van der Waals surface area contributed by atoms with E-state index in [9.17, 15) is 13.6 Å². The highest BCUT2D eigenvalue weighted by atomic mass is 31.1. The van der Waals surface area contributed by atoms with Gasteiger partial charge in [0.1, 0.15) is 0 Å². The van der Waals surface area contributed by atoms with Crippen LogP contribution >= 0.6 is 7.92 Å². The second-order valence-corrected chi connectivity index (χ2v) is 8.68. The summed E-state index contributed by atoms with van der Waals surface area (Å²) in [5, 5.41) is 1.01. The summed E-state index contributed by atoms with van der Waals surface area (Å²) in [5.41, 5.74) is 6.65. The third-order valence-electron chi connectivity index (χ3n) is 4.51. The van der Waals surface area contributed by atoms with Crippen LogP contribution in [0.15, 0.2) is 36.4 Å². The molecule has 0 radical (unpaired) electrons. The molecule has 3 rings (SSSR count). The molecule has 1 heterocycles. The molecule has 1 fully saturated rings. The number of hydrogen-bond acceptors (Lipinski definition) is 2. The van der Waals surface area contributed by atoms with Crippen molar-refractivity contribution in [3.8, 4) is 11.1 Å². The van der Waals surface area contributed by atoms with Gasteiger partial charge in [-0.3, -0.25) is 4.79 Å². The summed E-state index contributed by atoms with van der Waals surface area (Å²) in [7, 11) is -0.465. The van der Waals surface area contributed by atoms with Gasteiger partial charge in [0.2, 0.25) is 5.91 Å². The molecular formula is C19H21F2N2OP. The lowest BCUT2D eigenvalue weighted by molar-refractivity contribution is -0.120. The highest BCUT2D eigenvalue weighted by Crippen LogP contribution is 2.35. The number of carbonyl (C=O) groups excluding carboxylic acids is 1. The number of nitrogens with two attached hydrogens (primary N) is 1. The largest absolute Gasteiger partial charge is 0.320 e. The van der Waals surface area contributed by atoms with Gasteiger partial charge in [-0.2, -0.15) is 0 Å². The van der Waals surface area contributed by atoms with Gasteiger partial charge in [0, 0.05) is 12.1 Å². The molecule has 1 aliphatic heterocycles. The quantitative estimate of drug-likeness (QED) is 0.850. The van der Waals surface area contributed by atoms with Crippen molar-refractivity contribution < 1.29 is 13.6 Å². The third kappa shape index (κ3) is 3.31. The Morgan fingerprint density at radius 3 is 2.52 bits per heavy atom. The van der Waals surface area contributed by atoms with Crippen LogP contribution in [-0.4, -0.2) is 31.8 Å². The second kappa shape index (κ2) is 7.19. The molecule has 1 atom stereocenters. The van der Waals surface area contributed by atoms with E-state index >= 15 is 0 Å². The maximum absolute atomic E-state index is 14.8. The molecule has 2 aromatic rings. The van der Waals surface area contributed by atoms with Crippen molar-refractivity contribution in [2.24, 2.45) is 5.73 Å². The minimum absolute atomic E-state index is 0.0332. The second-order valence-electron chi connectivity index (χ2n) is 6.41. The van der Waals surface area contributed by atoms with E-state index in [1.807, 2.05) is 18.2 Å². The Bertz CT molecular complexity index is 810. The van der Waals surface area contributed by atoms with Crippen molar-refractivity contribution in [3.05, 3.63) is 48.0 Å². The summed E-state index contributed by atoms with van der Waals surface area (Å²) in [6, 6.07) is 9.84. The number of hydrogen-bond donors (Lipinski definition) is 1. The lowest BCUT2D eigenvalue weighted by Gasteiger charge is -2.31. The molecule has 6 heteroatoms. The van der Waals surface area contributed by atoms with Gasteiger partial charge in [-0.15, -0.1) is 0 Å². The minimum atomic E-state index is -0.994. The van der Waals surface area contributed by atoms with Crippen LogP contribution in [0.2, 0.25) is 0 Å². The molecule has 132 valence electrons. The third-order valence-corrected chi connectivity index (χ3v) is 5.86.